The Bertz CT molecular complexity index is 468. The second-order valence-electron chi connectivity index (χ2n) is 6.68. The van der Waals surface area contributed by atoms with Crippen LogP contribution in [0.1, 0.15) is 37.8 Å². The quantitative estimate of drug-likeness (QED) is 0.781. The van der Waals surface area contributed by atoms with Gasteiger partial charge in [-0.05, 0) is 57.7 Å². The van der Waals surface area contributed by atoms with Crippen molar-refractivity contribution in [1.29, 1.82) is 0 Å². The van der Waals surface area contributed by atoms with Gasteiger partial charge in [0.2, 0.25) is 0 Å². The fraction of sp³-hybridized carbons (Fsp3) is 0.765. The van der Waals surface area contributed by atoms with E-state index in [1.807, 2.05) is 6.92 Å². The van der Waals surface area contributed by atoms with Crippen molar-refractivity contribution in [2.24, 2.45) is 0 Å². The second kappa shape index (κ2) is 6.92. The maximum Gasteiger partial charge on any atom is 0.151 e. The molecule has 0 atom stereocenters. The number of aryl methyl sites for hydroxylation is 1. The molecule has 2 saturated heterocycles. The molecule has 2 aliphatic rings. The molecule has 1 aromatic rings. The molecule has 5 nitrogen and oxygen atoms in total. The first-order valence-corrected chi connectivity index (χ1v) is 8.53. The smallest absolute Gasteiger partial charge is 0.151 e. The molecule has 2 aliphatic heterocycles. The Morgan fingerprint density at radius 1 is 1.14 bits per heavy atom. The molecule has 2 fully saturated rings. The van der Waals surface area contributed by atoms with Crippen LogP contribution >= 0.6 is 0 Å². The van der Waals surface area contributed by atoms with Crippen LogP contribution in [0, 0.1) is 6.92 Å². The summed E-state index contributed by atoms with van der Waals surface area (Å²) < 4.78 is 5.21. The Balaban J connectivity index is 1.58. The Morgan fingerprint density at radius 3 is 2.64 bits per heavy atom. The number of methoxy groups -OCH3 is 1. The lowest BCUT2D eigenvalue weighted by Crippen LogP contribution is -2.52. The Morgan fingerprint density at radius 2 is 1.95 bits per heavy atom. The number of aromatic nitrogens is 2. The first-order chi connectivity index (χ1) is 10.7. The number of rotatable bonds is 5. The number of ether oxygens (including phenoxy) is 1. The summed E-state index contributed by atoms with van der Waals surface area (Å²) in [5.41, 5.74) is 1.42. The van der Waals surface area contributed by atoms with E-state index in [-0.39, 0.29) is 0 Å². The van der Waals surface area contributed by atoms with Gasteiger partial charge >= 0.3 is 0 Å². The molecule has 22 heavy (non-hydrogen) atoms. The van der Waals surface area contributed by atoms with Crippen molar-refractivity contribution in [2.45, 2.75) is 44.6 Å². The third-order valence-electron chi connectivity index (χ3n) is 5.32. The highest BCUT2D eigenvalue weighted by Gasteiger charge is 2.42. The number of anilines is 1. The van der Waals surface area contributed by atoms with Gasteiger partial charge in [-0.2, -0.15) is 5.10 Å². The van der Waals surface area contributed by atoms with E-state index in [1.165, 1.54) is 38.8 Å². The zero-order valence-corrected chi connectivity index (χ0v) is 13.9. The zero-order valence-electron chi connectivity index (χ0n) is 13.9. The van der Waals surface area contributed by atoms with Gasteiger partial charge in [-0.15, -0.1) is 5.10 Å². The lowest BCUT2D eigenvalue weighted by atomic mass is 9.85. The van der Waals surface area contributed by atoms with Crippen molar-refractivity contribution in [1.82, 2.24) is 15.1 Å². The summed E-state index contributed by atoms with van der Waals surface area (Å²) in [6.45, 7) is 7.49. The van der Waals surface area contributed by atoms with E-state index in [9.17, 15) is 0 Å². The van der Waals surface area contributed by atoms with Crippen molar-refractivity contribution in [3.63, 3.8) is 0 Å². The highest BCUT2D eigenvalue weighted by molar-refractivity contribution is 5.38. The Kier molecular flexibility index (Phi) is 4.93. The molecular formula is C17H28N4O. The SMILES string of the molecule is COCCCN1CCCC12CCN(c1ccc(C)nn1)CC2. The van der Waals surface area contributed by atoms with Crippen molar-refractivity contribution >= 4 is 5.82 Å². The van der Waals surface area contributed by atoms with Gasteiger partial charge in [-0.3, -0.25) is 4.90 Å². The predicted octanol–water partition coefficient (Wildman–Crippen LogP) is 2.26. The lowest BCUT2D eigenvalue weighted by Gasteiger charge is -2.45. The molecule has 0 N–H and O–H groups in total. The third kappa shape index (κ3) is 3.25. The molecule has 0 bridgehead atoms. The standard InChI is InChI=1S/C17H28N4O/c1-15-5-6-16(19-18-15)20-12-8-17(9-13-20)7-3-10-21(17)11-4-14-22-2/h5-6H,3-4,7-14H2,1-2H3. The first-order valence-electron chi connectivity index (χ1n) is 8.53. The number of likely N-dealkylation sites (tertiary alicyclic amines) is 1. The minimum atomic E-state index is 0.433. The molecule has 1 spiro atoms. The van der Waals surface area contributed by atoms with E-state index in [0.29, 0.717) is 5.54 Å². The van der Waals surface area contributed by atoms with E-state index in [1.54, 1.807) is 7.11 Å². The molecule has 0 aromatic carbocycles. The van der Waals surface area contributed by atoms with Crippen LogP contribution in [0.5, 0.6) is 0 Å². The number of hydrogen-bond acceptors (Lipinski definition) is 5. The molecule has 0 unspecified atom stereocenters. The van der Waals surface area contributed by atoms with Crippen LogP contribution in [0.2, 0.25) is 0 Å². The van der Waals surface area contributed by atoms with Gasteiger partial charge in [0.1, 0.15) is 0 Å². The summed E-state index contributed by atoms with van der Waals surface area (Å²) in [4.78, 5) is 5.12. The fourth-order valence-corrected chi connectivity index (χ4v) is 4.02. The van der Waals surface area contributed by atoms with Gasteiger partial charge in [0.15, 0.2) is 5.82 Å². The maximum atomic E-state index is 5.21. The summed E-state index contributed by atoms with van der Waals surface area (Å²) in [7, 11) is 1.79. The van der Waals surface area contributed by atoms with Crippen LogP contribution < -0.4 is 4.90 Å². The molecule has 0 amide bonds. The summed E-state index contributed by atoms with van der Waals surface area (Å²) in [6, 6.07) is 4.16. The molecule has 122 valence electrons. The van der Waals surface area contributed by atoms with Crippen LogP contribution in [-0.2, 0) is 4.74 Å². The highest BCUT2D eigenvalue weighted by Crippen LogP contribution is 2.39. The van der Waals surface area contributed by atoms with Gasteiger partial charge in [0, 0.05) is 38.9 Å². The molecule has 0 saturated carbocycles. The molecule has 3 heterocycles. The van der Waals surface area contributed by atoms with Crippen molar-refractivity contribution < 1.29 is 4.74 Å². The molecule has 1 aromatic heterocycles. The largest absolute Gasteiger partial charge is 0.385 e. The van der Waals surface area contributed by atoms with Gasteiger partial charge in [0.25, 0.3) is 0 Å². The van der Waals surface area contributed by atoms with Crippen molar-refractivity contribution in [2.75, 3.05) is 44.8 Å². The minimum Gasteiger partial charge on any atom is -0.385 e. The normalized spacial score (nSPS) is 21.6. The Labute approximate surface area is 133 Å². The highest BCUT2D eigenvalue weighted by atomic mass is 16.5. The summed E-state index contributed by atoms with van der Waals surface area (Å²) in [5.74, 6) is 1.03. The van der Waals surface area contributed by atoms with Crippen LogP contribution in [0.25, 0.3) is 0 Å². The summed E-state index contributed by atoms with van der Waals surface area (Å²) >= 11 is 0. The average Bonchev–Trinajstić information content (AvgIpc) is 2.92. The number of nitrogens with zero attached hydrogens (tertiary/aromatic N) is 4. The lowest BCUT2D eigenvalue weighted by molar-refractivity contribution is 0.0923. The van der Waals surface area contributed by atoms with Crippen molar-refractivity contribution in [3.8, 4) is 0 Å². The zero-order chi connectivity index (χ0) is 15.4. The topological polar surface area (TPSA) is 41.5 Å². The van der Waals surface area contributed by atoms with E-state index in [2.05, 4.69) is 32.1 Å². The maximum absolute atomic E-state index is 5.21. The molecular weight excluding hydrogens is 276 g/mol. The summed E-state index contributed by atoms with van der Waals surface area (Å²) in [6.07, 6.45) is 6.33. The van der Waals surface area contributed by atoms with E-state index in [4.69, 9.17) is 4.74 Å². The fourth-order valence-electron chi connectivity index (χ4n) is 4.02. The van der Waals surface area contributed by atoms with E-state index >= 15 is 0 Å². The van der Waals surface area contributed by atoms with Crippen LogP contribution in [0.3, 0.4) is 0 Å². The van der Waals surface area contributed by atoms with Gasteiger partial charge in [-0.1, -0.05) is 0 Å². The van der Waals surface area contributed by atoms with Gasteiger partial charge in [-0.25, -0.2) is 0 Å². The van der Waals surface area contributed by atoms with Gasteiger partial charge in [0.05, 0.1) is 5.69 Å². The van der Waals surface area contributed by atoms with E-state index < -0.39 is 0 Å². The molecule has 5 heteroatoms. The number of hydrogen-bond donors (Lipinski definition) is 0. The number of piperidine rings is 1. The second-order valence-corrected chi connectivity index (χ2v) is 6.68. The minimum absolute atomic E-state index is 0.433. The van der Waals surface area contributed by atoms with Crippen LogP contribution in [0.15, 0.2) is 12.1 Å². The molecule has 0 radical (unpaired) electrons. The molecule has 0 aliphatic carbocycles. The predicted molar refractivity (Wildman–Crippen MR) is 88.2 cm³/mol. The Hall–Kier alpha value is -1.20. The molecule has 3 rings (SSSR count). The first kappa shape index (κ1) is 15.7. The summed E-state index contributed by atoms with van der Waals surface area (Å²) in [5, 5.41) is 8.53. The average molecular weight is 304 g/mol. The van der Waals surface area contributed by atoms with Crippen LogP contribution in [-0.4, -0.2) is 60.5 Å². The third-order valence-corrected chi connectivity index (χ3v) is 5.32. The van der Waals surface area contributed by atoms with Crippen LogP contribution in [0.4, 0.5) is 5.82 Å². The van der Waals surface area contributed by atoms with Gasteiger partial charge < -0.3 is 9.64 Å². The van der Waals surface area contributed by atoms with Crippen molar-refractivity contribution in [3.05, 3.63) is 17.8 Å². The monoisotopic (exact) mass is 304 g/mol. The van der Waals surface area contributed by atoms with E-state index in [0.717, 1.165) is 37.6 Å².